The molecule has 110 valence electrons. The molecule has 0 bridgehead atoms. The zero-order valence-electron chi connectivity index (χ0n) is 11.6. The van der Waals surface area contributed by atoms with Gasteiger partial charge in [-0.1, -0.05) is 32.0 Å². The number of carbonyl (C=O) groups is 2. The van der Waals surface area contributed by atoms with Gasteiger partial charge in [-0.25, -0.2) is 0 Å². The molecule has 1 aromatic carbocycles. The molecule has 0 heterocycles. The molecule has 0 fully saturated rings. The van der Waals surface area contributed by atoms with Gasteiger partial charge in [0.2, 0.25) is 5.91 Å². The molecule has 0 unspecified atom stereocenters. The van der Waals surface area contributed by atoms with Gasteiger partial charge in [0.15, 0.2) is 0 Å². The van der Waals surface area contributed by atoms with Crippen molar-refractivity contribution in [2.24, 2.45) is 11.1 Å². The van der Waals surface area contributed by atoms with Crippen LogP contribution in [-0.2, 0) is 9.59 Å². The van der Waals surface area contributed by atoms with Crippen LogP contribution in [-0.4, -0.2) is 34.5 Å². The van der Waals surface area contributed by atoms with E-state index in [2.05, 4.69) is 5.32 Å². The van der Waals surface area contributed by atoms with Crippen molar-refractivity contribution < 1.29 is 14.7 Å². The topological polar surface area (TPSA) is 92.4 Å². The van der Waals surface area contributed by atoms with Gasteiger partial charge in [-0.2, -0.15) is 11.8 Å². The number of rotatable bonds is 7. The van der Waals surface area contributed by atoms with E-state index in [1.165, 1.54) is 11.8 Å². The summed E-state index contributed by atoms with van der Waals surface area (Å²) in [6.07, 6.45) is 0. The predicted octanol–water partition coefficient (Wildman–Crippen LogP) is 1.80. The molecule has 1 amide bonds. The molecule has 0 saturated carbocycles. The molecule has 1 atom stereocenters. The van der Waals surface area contributed by atoms with Crippen LogP contribution in [0, 0.1) is 5.41 Å². The molecule has 1 rings (SSSR count). The zero-order chi connectivity index (χ0) is 15.2. The molecule has 0 radical (unpaired) electrons. The largest absolute Gasteiger partial charge is 0.480 e. The highest BCUT2D eigenvalue weighted by molar-refractivity contribution is 7.99. The average molecular weight is 296 g/mol. The van der Waals surface area contributed by atoms with Gasteiger partial charge < -0.3 is 16.2 Å². The maximum Gasteiger partial charge on any atom is 0.321 e. The summed E-state index contributed by atoms with van der Waals surface area (Å²) >= 11 is 1.37. The van der Waals surface area contributed by atoms with Gasteiger partial charge in [-0.3, -0.25) is 9.59 Å². The Kier molecular flexibility index (Phi) is 6.04. The number of aliphatic carboxylic acids is 1. The van der Waals surface area contributed by atoms with Crippen LogP contribution in [0.3, 0.4) is 0 Å². The van der Waals surface area contributed by atoms with Crippen LogP contribution in [0.4, 0.5) is 5.69 Å². The summed E-state index contributed by atoms with van der Waals surface area (Å²) < 4.78 is 0. The number of carbonyl (C=O) groups excluding carboxylic acids is 1. The summed E-state index contributed by atoms with van der Waals surface area (Å²) in [4.78, 5) is 22.8. The van der Waals surface area contributed by atoms with Crippen molar-refractivity contribution in [2.45, 2.75) is 19.9 Å². The minimum Gasteiger partial charge on any atom is -0.480 e. The van der Waals surface area contributed by atoms with Crippen molar-refractivity contribution in [2.75, 3.05) is 16.8 Å². The number of nitrogens with two attached hydrogens (primary N) is 1. The Bertz CT molecular complexity index is 463. The summed E-state index contributed by atoms with van der Waals surface area (Å²) in [5.41, 5.74) is 5.57. The number of thioether (sulfide) groups is 1. The van der Waals surface area contributed by atoms with Crippen molar-refractivity contribution in [3.05, 3.63) is 30.3 Å². The first kappa shape index (κ1) is 16.5. The Morgan fingerprint density at radius 3 is 2.50 bits per heavy atom. The lowest BCUT2D eigenvalue weighted by Gasteiger charge is -2.23. The van der Waals surface area contributed by atoms with Gasteiger partial charge in [0.1, 0.15) is 6.04 Å². The number of carboxylic acid groups (broad SMARTS) is 1. The van der Waals surface area contributed by atoms with Gasteiger partial charge in [0.05, 0.1) is 5.41 Å². The van der Waals surface area contributed by atoms with E-state index in [1.54, 1.807) is 0 Å². The van der Waals surface area contributed by atoms with E-state index < -0.39 is 17.4 Å². The van der Waals surface area contributed by atoms with Gasteiger partial charge in [-0.15, -0.1) is 0 Å². The molecule has 1 aromatic rings. The second-order valence-electron chi connectivity index (χ2n) is 5.16. The Morgan fingerprint density at radius 2 is 1.95 bits per heavy atom. The second-order valence-corrected chi connectivity index (χ2v) is 6.19. The van der Waals surface area contributed by atoms with E-state index >= 15 is 0 Å². The van der Waals surface area contributed by atoms with Gasteiger partial charge >= 0.3 is 5.97 Å². The smallest absolute Gasteiger partial charge is 0.321 e. The highest BCUT2D eigenvalue weighted by Crippen LogP contribution is 2.24. The third-order valence-corrected chi connectivity index (χ3v) is 4.24. The van der Waals surface area contributed by atoms with Crippen molar-refractivity contribution in [3.8, 4) is 0 Å². The highest BCUT2D eigenvalue weighted by Gasteiger charge is 2.28. The third-order valence-electron chi connectivity index (χ3n) is 2.72. The lowest BCUT2D eigenvalue weighted by molar-refractivity contribution is -0.137. The summed E-state index contributed by atoms with van der Waals surface area (Å²) in [7, 11) is 0. The Morgan fingerprint density at radius 1 is 1.35 bits per heavy atom. The minimum absolute atomic E-state index is 0.0971. The first-order valence-electron chi connectivity index (χ1n) is 6.25. The standard InChI is InChI=1S/C14H20N2O3S/c1-14(2,9-20-8-11(15)12(17)18)13(19)16-10-6-4-3-5-7-10/h3-7,11H,8-9,15H2,1-2H3,(H,16,19)(H,17,18)/t11-/m1/s1. The Balaban J connectivity index is 2.47. The number of nitrogens with one attached hydrogen (secondary N) is 1. The van der Waals surface area contributed by atoms with E-state index in [0.717, 1.165) is 5.69 Å². The summed E-state index contributed by atoms with van der Waals surface area (Å²) in [5.74, 6) is -0.326. The molecule has 0 aromatic heterocycles. The number of anilines is 1. The number of amides is 1. The molecule has 0 aliphatic carbocycles. The highest BCUT2D eigenvalue weighted by atomic mass is 32.2. The average Bonchev–Trinajstić information content (AvgIpc) is 2.39. The fourth-order valence-electron chi connectivity index (χ4n) is 1.40. The van der Waals surface area contributed by atoms with E-state index in [4.69, 9.17) is 10.8 Å². The summed E-state index contributed by atoms with van der Waals surface area (Å²) in [5, 5.41) is 11.5. The molecular weight excluding hydrogens is 276 g/mol. The number of hydrogen-bond donors (Lipinski definition) is 3. The van der Waals surface area contributed by atoms with Gasteiger partial charge in [0.25, 0.3) is 0 Å². The maximum absolute atomic E-state index is 12.2. The minimum atomic E-state index is -1.02. The number of carboxylic acids is 1. The zero-order valence-corrected chi connectivity index (χ0v) is 12.4. The van der Waals surface area contributed by atoms with E-state index in [-0.39, 0.29) is 11.7 Å². The fraction of sp³-hybridized carbons (Fsp3) is 0.429. The van der Waals surface area contributed by atoms with Crippen LogP contribution in [0.25, 0.3) is 0 Å². The Labute approximate surface area is 122 Å². The van der Waals surface area contributed by atoms with Crippen LogP contribution in [0.2, 0.25) is 0 Å². The Hall–Kier alpha value is -1.53. The lowest BCUT2D eigenvalue weighted by Crippen LogP contribution is -2.36. The predicted molar refractivity (Wildman–Crippen MR) is 81.8 cm³/mol. The molecule has 0 saturated heterocycles. The number of hydrogen-bond acceptors (Lipinski definition) is 4. The monoisotopic (exact) mass is 296 g/mol. The maximum atomic E-state index is 12.2. The molecule has 6 heteroatoms. The first-order chi connectivity index (χ1) is 9.33. The van der Waals surface area contributed by atoms with Crippen LogP contribution < -0.4 is 11.1 Å². The molecular formula is C14H20N2O3S. The molecule has 0 spiro atoms. The quantitative estimate of drug-likeness (QED) is 0.713. The van der Waals surface area contributed by atoms with Crippen molar-refractivity contribution in [1.82, 2.24) is 0 Å². The normalized spacial score (nSPS) is 12.8. The van der Waals surface area contributed by atoms with Gasteiger partial charge in [-0.05, 0) is 12.1 Å². The van der Waals surface area contributed by atoms with E-state index in [9.17, 15) is 9.59 Å². The number of benzene rings is 1. The van der Waals surface area contributed by atoms with E-state index in [1.807, 2.05) is 44.2 Å². The van der Waals surface area contributed by atoms with E-state index in [0.29, 0.717) is 5.75 Å². The molecule has 4 N–H and O–H groups in total. The lowest BCUT2D eigenvalue weighted by atomic mass is 9.95. The van der Waals surface area contributed by atoms with Crippen LogP contribution in [0.15, 0.2) is 30.3 Å². The van der Waals surface area contributed by atoms with Gasteiger partial charge in [0, 0.05) is 17.2 Å². The fourth-order valence-corrected chi connectivity index (χ4v) is 2.56. The first-order valence-corrected chi connectivity index (χ1v) is 7.41. The van der Waals surface area contributed by atoms with Crippen LogP contribution in [0.5, 0.6) is 0 Å². The molecule has 20 heavy (non-hydrogen) atoms. The molecule has 0 aliphatic rings. The molecule has 0 aliphatic heterocycles. The van der Waals surface area contributed by atoms with Crippen molar-refractivity contribution >= 4 is 29.3 Å². The summed E-state index contributed by atoms with van der Waals surface area (Å²) in [6, 6.07) is 8.33. The third kappa shape index (κ3) is 5.22. The SMILES string of the molecule is CC(C)(CSC[C@@H](N)C(=O)O)C(=O)Nc1ccccc1. The second kappa shape index (κ2) is 7.31. The van der Waals surface area contributed by atoms with Crippen LogP contribution in [0.1, 0.15) is 13.8 Å². The van der Waals surface area contributed by atoms with Crippen molar-refractivity contribution in [1.29, 1.82) is 0 Å². The van der Waals surface area contributed by atoms with Crippen molar-refractivity contribution in [3.63, 3.8) is 0 Å². The van der Waals surface area contributed by atoms with Crippen LogP contribution >= 0.6 is 11.8 Å². The summed E-state index contributed by atoms with van der Waals surface area (Å²) in [6.45, 7) is 3.65. The number of para-hydroxylation sites is 1. The molecule has 5 nitrogen and oxygen atoms in total.